The lowest BCUT2D eigenvalue weighted by atomic mass is 9.88. The van der Waals surface area contributed by atoms with Gasteiger partial charge >= 0.3 is 0 Å². The van der Waals surface area contributed by atoms with E-state index in [0.717, 1.165) is 0 Å². The number of likely N-dealkylation sites (tertiary alicyclic amines) is 1. The highest BCUT2D eigenvalue weighted by molar-refractivity contribution is 5.92. The Balaban J connectivity index is 1.77. The molecule has 3 rings (SSSR count). The van der Waals surface area contributed by atoms with Crippen LogP contribution in [0.2, 0.25) is 0 Å². The second kappa shape index (κ2) is 6.67. The van der Waals surface area contributed by atoms with Crippen molar-refractivity contribution in [1.82, 2.24) is 24.6 Å². The molecule has 0 aromatic carbocycles. The third-order valence-electron chi connectivity index (χ3n) is 4.48. The molecule has 0 saturated carbocycles. The van der Waals surface area contributed by atoms with Gasteiger partial charge in [0.2, 0.25) is 11.8 Å². The summed E-state index contributed by atoms with van der Waals surface area (Å²) >= 11 is 0. The molecule has 9 nitrogen and oxygen atoms in total. The van der Waals surface area contributed by atoms with Gasteiger partial charge in [-0.1, -0.05) is 0 Å². The minimum Gasteiger partial charge on any atom is -0.480 e. The quantitative estimate of drug-likeness (QED) is 0.851. The van der Waals surface area contributed by atoms with Gasteiger partial charge in [-0.3, -0.25) is 9.48 Å². The van der Waals surface area contributed by atoms with Gasteiger partial charge in [0.25, 0.3) is 5.91 Å². The Morgan fingerprint density at radius 3 is 2.56 bits per heavy atom. The lowest BCUT2D eigenvalue weighted by Gasteiger charge is -2.37. The van der Waals surface area contributed by atoms with Crippen molar-refractivity contribution in [3.8, 4) is 11.8 Å². The summed E-state index contributed by atoms with van der Waals surface area (Å²) in [6, 6.07) is 1.68. The zero-order chi connectivity index (χ0) is 18.0. The van der Waals surface area contributed by atoms with Crippen molar-refractivity contribution in [1.29, 1.82) is 0 Å². The summed E-state index contributed by atoms with van der Waals surface area (Å²) in [4.78, 5) is 22.7. The van der Waals surface area contributed by atoms with Crippen LogP contribution >= 0.6 is 0 Å². The van der Waals surface area contributed by atoms with Gasteiger partial charge in [0.1, 0.15) is 17.0 Å². The van der Waals surface area contributed by atoms with E-state index < -0.39 is 5.60 Å². The number of piperidine rings is 1. The van der Waals surface area contributed by atoms with Crippen LogP contribution in [0, 0.1) is 0 Å². The van der Waals surface area contributed by atoms with Crippen LogP contribution in [0.1, 0.15) is 29.0 Å². The van der Waals surface area contributed by atoms with Gasteiger partial charge in [-0.05, 0) is 18.9 Å². The van der Waals surface area contributed by atoms with Crippen LogP contribution in [0.3, 0.4) is 0 Å². The Hall–Kier alpha value is -2.68. The molecule has 1 amide bonds. The second-order valence-electron chi connectivity index (χ2n) is 5.93. The number of nitrogens with zero attached hydrogens (tertiary/aromatic N) is 5. The number of aromatic nitrogens is 4. The molecule has 3 heterocycles. The molecule has 1 aliphatic rings. The first kappa shape index (κ1) is 17.2. The number of hydrogen-bond donors (Lipinski definition) is 1. The number of methoxy groups -OCH3 is 2. The molecule has 2 aromatic heterocycles. The molecular formula is C16H21N5O4. The van der Waals surface area contributed by atoms with Crippen molar-refractivity contribution in [2.24, 2.45) is 7.05 Å². The molecule has 1 aliphatic heterocycles. The van der Waals surface area contributed by atoms with E-state index in [9.17, 15) is 9.90 Å². The average Bonchev–Trinajstić information content (AvgIpc) is 3.07. The Morgan fingerprint density at radius 2 is 2.00 bits per heavy atom. The zero-order valence-corrected chi connectivity index (χ0v) is 14.5. The first-order valence-corrected chi connectivity index (χ1v) is 7.93. The summed E-state index contributed by atoms with van der Waals surface area (Å²) in [7, 11) is 4.68. The third kappa shape index (κ3) is 3.14. The van der Waals surface area contributed by atoms with Gasteiger partial charge in [-0.2, -0.15) is 10.1 Å². The van der Waals surface area contributed by atoms with E-state index in [-0.39, 0.29) is 11.8 Å². The summed E-state index contributed by atoms with van der Waals surface area (Å²) in [5.74, 6) is 0.441. The van der Waals surface area contributed by atoms with Crippen LogP contribution in [0.5, 0.6) is 11.8 Å². The molecule has 0 spiro atoms. The molecule has 1 N–H and O–H groups in total. The van der Waals surface area contributed by atoms with Gasteiger partial charge in [-0.25, -0.2) is 4.98 Å². The minimum atomic E-state index is -1.20. The minimum absolute atomic E-state index is 0.102. The Kier molecular flexibility index (Phi) is 4.58. The molecule has 25 heavy (non-hydrogen) atoms. The van der Waals surface area contributed by atoms with Crippen LogP contribution < -0.4 is 9.47 Å². The van der Waals surface area contributed by atoms with Crippen molar-refractivity contribution in [2.75, 3.05) is 27.3 Å². The fourth-order valence-electron chi connectivity index (χ4n) is 2.98. The van der Waals surface area contributed by atoms with Gasteiger partial charge in [-0.15, -0.1) is 0 Å². The van der Waals surface area contributed by atoms with E-state index in [1.165, 1.54) is 20.4 Å². The molecule has 1 fully saturated rings. The van der Waals surface area contributed by atoms with Crippen LogP contribution in [-0.2, 0) is 12.6 Å². The van der Waals surface area contributed by atoms with Gasteiger partial charge in [0.15, 0.2) is 0 Å². The maximum absolute atomic E-state index is 12.6. The van der Waals surface area contributed by atoms with Crippen LogP contribution in [0.4, 0.5) is 0 Å². The highest BCUT2D eigenvalue weighted by atomic mass is 16.5. The molecule has 0 unspecified atom stereocenters. The Bertz CT molecular complexity index is 768. The van der Waals surface area contributed by atoms with E-state index in [1.807, 2.05) is 0 Å². The number of aliphatic hydroxyl groups is 1. The molecule has 0 atom stereocenters. The third-order valence-corrected chi connectivity index (χ3v) is 4.48. The van der Waals surface area contributed by atoms with E-state index in [4.69, 9.17) is 9.47 Å². The van der Waals surface area contributed by atoms with Crippen LogP contribution in [0.15, 0.2) is 18.5 Å². The predicted octanol–water partition coefficient (Wildman–Crippen LogP) is 0.351. The summed E-state index contributed by atoms with van der Waals surface area (Å²) in [5, 5.41) is 15.0. The Morgan fingerprint density at radius 1 is 1.28 bits per heavy atom. The molecule has 0 aliphatic carbocycles. The van der Waals surface area contributed by atoms with E-state index in [0.29, 0.717) is 43.2 Å². The first-order chi connectivity index (χ1) is 12.0. The number of ether oxygens (including phenoxy) is 2. The number of amides is 1. The van der Waals surface area contributed by atoms with Gasteiger partial charge in [0.05, 0.1) is 20.4 Å². The Labute approximate surface area is 145 Å². The summed E-state index contributed by atoms with van der Waals surface area (Å²) < 4.78 is 11.8. The topological polar surface area (TPSA) is 103 Å². The van der Waals surface area contributed by atoms with Crippen molar-refractivity contribution >= 4 is 5.91 Å². The highest BCUT2D eigenvalue weighted by Gasteiger charge is 2.40. The van der Waals surface area contributed by atoms with Crippen molar-refractivity contribution in [3.05, 3.63) is 29.8 Å². The van der Waals surface area contributed by atoms with E-state index >= 15 is 0 Å². The molecule has 134 valence electrons. The summed E-state index contributed by atoms with van der Waals surface area (Å²) in [6.45, 7) is 0.800. The number of hydrogen-bond acceptors (Lipinski definition) is 7. The van der Waals surface area contributed by atoms with Crippen LogP contribution in [0.25, 0.3) is 0 Å². The van der Waals surface area contributed by atoms with Crippen molar-refractivity contribution in [3.63, 3.8) is 0 Å². The summed E-state index contributed by atoms with van der Waals surface area (Å²) in [6.07, 6.45) is 3.72. The molecule has 0 radical (unpaired) electrons. The number of carbonyl (C=O) groups is 1. The second-order valence-corrected chi connectivity index (χ2v) is 5.93. The van der Waals surface area contributed by atoms with Gasteiger partial charge < -0.3 is 19.5 Å². The molecule has 9 heteroatoms. The maximum atomic E-state index is 12.6. The molecule has 2 aromatic rings. The first-order valence-electron chi connectivity index (χ1n) is 7.93. The smallest absolute Gasteiger partial charge is 0.272 e. The molecule has 0 bridgehead atoms. The fourth-order valence-corrected chi connectivity index (χ4v) is 2.98. The lowest BCUT2D eigenvalue weighted by molar-refractivity contribution is -0.0267. The van der Waals surface area contributed by atoms with Crippen molar-refractivity contribution in [2.45, 2.75) is 18.4 Å². The maximum Gasteiger partial charge on any atom is 0.272 e. The van der Waals surface area contributed by atoms with E-state index in [1.54, 1.807) is 28.9 Å². The standard InChI is InChI=1S/C16H21N5O4/c1-20-11(4-7-18-20)15(22)21-8-5-16(23,6-9-21)13-14(25-3)19-12(24-2)10-17-13/h4,7,10,23H,5-6,8-9H2,1-3H3. The highest BCUT2D eigenvalue weighted by Crippen LogP contribution is 2.36. The fraction of sp³-hybridized carbons (Fsp3) is 0.500. The number of rotatable bonds is 4. The van der Waals surface area contributed by atoms with Gasteiger partial charge in [0, 0.05) is 26.3 Å². The predicted molar refractivity (Wildman–Crippen MR) is 87.4 cm³/mol. The zero-order valence-electron chi connectivity index (χ0n) is 14.5. The monoisotopic (exact) mass is 347 g/mol. The SMILES string of the molecule is COc1cnc(C2(O)CCN(C(=O)c3ccnn3C)CC2)c(OC)n1. The number of aryl methyl sites for hydroxylation is 1. The van der Waals surface area contributed by atoms with Crippen molar-refractivity contribution < 1.29 is 19.4 Å². The normalized spacial score (nSPS) is 16.6. The average molecular weight is 347 g/mol. The van der Waals surface area contributed by atoms with Crippen LogP contribution in [-0.4, -0.2) is 63.0 Å². The molecule has 1 saturated heterocycles. The number of carbonyl (C=O) groups excluding carboxylic acids is 1. The van der Waals surface area contributed by atoms with E-state index in [2.05, 4.69) is 15.1 Å². The lowest BCUT2D eigenvalue weighted by Crippen LogP contribution is -2.46. The summed E-state index contributed by atoms with van der Waals surface area (Å²) in [5.41, 5.74) is -0.316. The largest absolute Gasteiger partial charge is 0.480 e. The molecular weight excluding hydrogens is 326 g/mol.